The fourth-order valence-electron chi connectivity index (χ4n) is 0.963. The third-order valence-corrected chi connectivity index (χ3v) is 2.63. The summed E-state index contributed by atoms with van der Waals surface area (Å²) in [5, 5.41) is 13.3. The normalized spacial score (nSPS) is 11.8. The molecule has 5 heteroatoms. The minimum Gasteiger partial charge on any atom is -0.395 e. The number of amides is 1. The van der Waals surface area contributed by atoms with Gasteiger partial charge in [0.05, 0.1) is 18.2 Å². The van der Waals surface area contributed by atoms with Gasteiger partial charge in [-0.1, -0.05) is 29.8 Å². The number of halogens is 1. The van der Waals surface area contributed by atoms with Crippen molar-refractivity contribution in [1.29, 1.82) is 0 Å². The lowest BCUT2D eigenvalue weighted by molar-refractivity contribution is -0.131. The molecule has 0 radical (unpaired) electrons. The van der Waals surface area contributed by atoms with Gasteiger partial charge in [-0.15, -0.1) is 0 Å². The Morgan fingerprint density at radius 3 is 2.76 bits per heavy atom. The van der Waals surface area contributed by atoms with Crippen LogP contribution in [0.3, 0.4) is 0 Å². The van der Waals surface area contributed by atoms with Crippen LogP contribution in [0, 0.1) is 5.41 Å². The molecular formula is C12H15ClN2O2. The van der Waals surface area contributed by atoms with Crippen molar-refractivity contribution in [3.63, 3.8) is 0 Å². The third kappa shape index (κ3) is 3.84. The summed E-state index contributed by atoms with van der Waals surface area (Å²) in [4.78, 5) is 11.6. The van der Waals surface area contributed by atoms with Crippen LogP contribution in [-0.4, -0.2) is 23.8 Å². The standard InChI is InChI=1S/C12H15ClN2O2/c1-12(2,8-16)11(17)15-14-7-9-5-3-4-6-10(9)13/h3-7,16H,8H2,1-2H3,(H,15,17)/b14-7+. The molecule has 1 rings (SSSR count). The molecular weight excluding hydrogens is 240 g/mol. The van der Waals surface area contributed by atoms with E-state index >= 15 is 0 Å². The molecule has 0 saturated carbocycles. The van der Waals surface area contributed by atoms with E-state index in [0.717, 1.165) is 5.56 Å². The number of benzene rings is 1. The average Bonchev–Trinajstić information content (AvgIpc) is 2.31. The second-order valence-corrected chi connectivity index (χ2v) is 4.67. The van der Waals surface area contributed by atoms with Crippen LogP contribution in [0.5, 0.6) is 0 Å². The van der Waals surface area contributed by atoms with Crippen LogP contribution in [0.15, 0.2) is 29.4 Å². The van der Waals surface area contributed by atoms with Gasteiger partial charge in [0.25, 0.3) is 0 Å². The first kappa shape index (κ1) is 13.7. The van der Waals surface area contributed by atoms with E-state index in [0.29, 0.717) is 5.02 Å². The van der Waals surface area contributed by atoms with Gasteiger partial charge in [-0.05, 0) is 19.9 Å². The van der Waals surface area contributed by atoms with E-state index in [1.807, 2.05) is 12.1 Å². The number of carbonyl (C=O) groups excluding carboxylic acids is 1. The van der Waals surface area contributed by atoms with Crippen LogP contribution in [-0.2, 0) is 4.79 Å². The Bertz CT molecular complexity index is 430. The predicted octanol–water partition coefficient (Wildman–Crippen LogP) is 1.81. The molecule has 1 aromatic rings. The van der Waals surface area contributed by atoms with E-state index in [-0.39, 0.29) is 12.5 Å². The quantitative estimate of drug-likeness (QED) is 0.636. The van der Waals surface area contributed by atoms with Crippen molar-refractivity contribution in [2.45, 2.75) is 13.8 Å². The smallest absolute Gasteiger partial charge is 0.248 e. The molecule has 0 bridgehead atoms. The fourth-order valence-corrected chi connectivity index (χ4v) is 1.15. The van der Waals surface area contributed by atoms with E-state index in [2.05, 4.69) is 10.5 Å². The van der Waals surface area contributed by atoms with Gasteiger partial charge >= 0.3 is 0 Å². The summed E-state index contributed by atoms with van der Waals surface area (Å²) in [6.45, 7) is 3.03. The summed E-state index contributed by atoms with van der Waals surface area (Å²) in [6.07, 6.45) is 1.47. The lowest BCUT2D eigenvalue weighted by Crippen LogP contribution is -2.36. The maximum Gasteiger partial charge on any atom is 0.248 e. The molecule has 92 valence electrons. The Morgan fingerprint density at radius 1 is 1.53 bits per heavy atom. The highest BCUT2D eigenvalue weighted by Crippen LogP contribution is 2.14. The third-order valence-electron chi connectivity index (χ3n) is 2.28. The predicted molar refractivity (Wildman–Crippen MR) is 68.1 cm³/mol. The van der Waals surface area contributed by atoms with Crippen LogP contribution in [0.2, 0.25) is 5.02 Å². The highest BCUT2D eigenvalue weighted by Gasteiger charge is 2.26. The highest BCUT2D eigenvalue weighted by molar-refractivity contribution is 6.33. The van der Waals surface area contributed by atoms with Gasteiger partial charge in [-0.2, -0.15) is 5.10 Å². The molecule has 1 amide bonds. The maximum absolute atomic E-state index is 11.6. The van der Waals surface area contributed by atoms with Crippen molar-refractivity contribution in [1.82, 2.24) is 5.43 Å². The minimum atomic E-state index is -0.849. The van der Waals surface area contributed by atoms with Crippen molar-refractivity contribution in [2.24, 2.45) is 10.5 Å². The van der Waals surface area contributed by atoms with E-state index in [1.165, 1.54) is 6.21 Å². The van der Waals surface area contributed by atoms with Gasteiger partial charge in [0.15, 0.2) is 0 Å². The summed E-state index contributed by atoms with van der Waals surface area (Å²) in [5.74, 6) is -0.344. The molecule has 0 aromatic heterocycles. The molecule has 17 heavy (non-hydrogen) atoms. The molecule has 4 nitrogen and oxygen atoms in total. The Kier molecular flexibility index (Phi) is 4.66. The average molecular weight is 255 g/mol. The second-order valence-electron chi connectivity index (χ2n) is 4.26. The number of aliphatic hydroxyl groups is 1. The summed E-state index contributed by atoms with van der Waals surface area (Å²) in [6, 6.07) is 7.16. The maximum atomic E-state index is 11.6. The van der Waals surface area contributed by atoms with Crippen molar-refractivity contribution in [3.05, 3.63) is 34.9 Å². The zero-order chi connectivity index (χ0) is 12.9. The molecule has 0 heterocycles. The van der Waals surface area contributed by atoms with Gasteiger partial charge in [-0.3, -0.25) is 4.79 Å². The van der Waals surface area contributed by atoms with Gasteiger partial charge in [0.1, 0.15) is 0 Å². The lowest BCUT2D eigenvalue weighted by atomic mass is 9.94. The highest BCUT2D eigenvalue weighted by atomic mass is 35.5. The molecule has 2 N–H and O–H groups in total. The van der Waals surface area contributed by atoms with Crippen LogP contribution in [0.1, 0.15) is 19.4 Å². The number of hydrogen-bond acceptors (Lipinski definition) is 3. The lowest BCUT2D eigenvalue weighted by Gasteiger charge is -2.18. The Morgan fingerprint density at radius 2 is 2.18 bits per heavy atom. The summed E-state index contributed by atoms with van der Waals surface area (Å²) in [5.41, 5.74) is 2.23. The van der Waals surface area contributed by atoms with E-state index < -0.39 is 5.41 Å². The van der Waals surface area contributed by atoms with Gasteiger partial charge < -0.3 is 5.11 Å². The molecule has 0 spiro atoms. The first-order valence-electron chi connectivity index (χ1n) is 5.16. The van der Waals surface area contributed by atoms with Crippen molar-refractivity contribution < 1.29 is 9.90 Å². The fraction of sp³-hybridized carbons (Fsp3) is 0.333. The van der Waals surface area contributed by atoms with Crippen molar-refractivity contribution in [2.75, 3.05) is 6.61 Å². The Balaban J connectivity index is 2.63. The summed E-state index contributed by atoms with van der Waals surface area (Å²) < 4.78 is 0. The summed E-state index contributed by atoms with van der Waals surface area (Å²) in [7, 11) is 0. The van der Waals surface area contributed by atoms with Crippen LogP contribution in [0.25, 0.3) is 0 Å². The topological polar surface area (TPSA) is 61.7 Å². The first-order chi connectivity index (χ1) is 7.97. The Hall–Kier alpha value is -1.39. The number of hydrazone groups is 1. The number of rotatable bonds is 4. The zero-order valence-corrected chi connectivity index (χ0v) is 10.5. The number of nitrogens with one attached hydrogen (secondary N) is 1. The molecule has 0 aliphatic rings. The zero-order valence-electron chi connectivity index (χ0n) is 9.77. The SMILES string of the molecule is CC(C)(CO)C(=O)N/N=C/c1ccccc1Cl. The molecule has 0 fully saturated rings. The van der Waals surface area contributed by atoms with Gasteiger partial charge in [-0.25, -0.2) is 5.43 Å². The van der Waals surface area contributed by atoms with Crippen LogP contribution in [0.4, 0.5) is 0 Å². The van der Waals surface area contributed by atoms with Gasteiger partial charge in [0, 0.05) is 10.6 Å². The molecule has 0 aliphatic carbocycles. The number of carbonyl (C=O) groups is 1. The number of nitrogens with zero attached hydrogens (tertiary/aromatic N) is 1. The molecule has 1 aromatic carbocycles. The van der Waals surface area contributed by atoms with Crippen molar-refractivity contribution >= 4 is 23.7 Å². The summed E-state index contributed by atoms with van der Waals surface area (Å²) >= 11 is 5.91. The molecule has 0 aliphatic heterocycles. The van der Waals surface area contributed by atoms with Gasteiger partial charge in [0.2, 0.25) is 5.91 Å². The minimum absolute atomic E-state index is 0.236. The van der Waals surface area contributed by atoms with E-state index in [9.17, 15) is 4.79 Å². The molecule has 0 saturated heterocycles. The van der Waals surface area contributed by atoms with E-state index in [4.69, 9.17) is 16.7 Å². The molecule has 0 atom stereocenters. The largest absolute Gasteiger partial charge is 0.395 e. The molecule has 0 unspecified atom stereocenters. The van der Waals surface area contributed by atoms with Crippen LogP contribution >= 0.6 is 11.6 Å². The van der Waals surface area contributed by atoms with Crippen LogP contribution < -0.4 is 5.43 Å². The number of aliphatic hydroxyl groups excluding tert-OH is 1. The van der Waals surface area contributed by atoms with Crippen molar-refractivity contribution in [3.8, 4) is 0 Å². The monoisotopic (exact) mass is 254 g/mol. The van der Waals surface area contributed by atoms with E-state index in [1.54, 1.807) is 26.0 Å². The first-order valence-corrected chi connectivity index (χ1v) is 5.54. The Labute approximate surface area is 105 Å². The number of hydrogen-bond donors (Lipinski definition) is 2. The second kappa shape index (κ2) is 5.80.